The molecule has 21 heavy (non-hydrogen) atoms. The Kier molecular flexibility index (Phi) is 5.46. The second-order valence-electron chi connectivity index (χ2n) is 4.95. The maximum atomic E-state index is 13.2. The van der Waals surface area contributed by atoms with E-state index in [2.05, 4.69) is 0 Å². The average molecular weight is 286 g/mol. The molecule has 1 atom stereocenters. The monoisotopic (exact) mass is 286 g/mol. The summed E-state index contributed by atoms with van der Waals surface area (Å²) >= 11 is 0. The third kappa shape index (κ3) is 4.39. The van der Waals surface area contributed by atoms with Crippen molar-refractivity contribution in [2.24, 2.45) is 5.73 Å². The smallest absolute Gasteiger partial charge is 0.237 e. The molecule has 3 nitrogen and oxygen atoms in total. The Balaban J connectivity index is 2.19. The van der Waals surface area contributed by atoms with Gasteiger partial charge in [-0.1, -0.05) is 60.7 Å². The third-order valence-corrected chi connectivity index (χ3v) is 3.37. The Hall–Kier alpha value is -2.20. The lowest BCUT2D eigenvalue weighted by molar-refractivity contribution is -0.124. The highest BCUT2D eigenvalue weighted by Gasteiger charge is 2.24. The van der Waals surface area contributed by atoms with Crippen LogP contribution in [0.5, 0.6) is 0 Å². The molecule has 0 aromatic heterocycles. The lowest BCUT2D eigenvalue weighted by atomic mass is 10.1. The largest absolute Gasteiger partial charge is 0.368 e. The van der Waals surface area contributed by atoms with Crippen LogP contribution >= 0.6 is 0 Å². The van der Waals surface area contributed by atoms with Crippen LogP contribution in [0.4, 0.5) is 4.39 Å². The first kappa shape index (κ1) is 15.2. The highest BCUT2D eigenvalue weighted by Crippen LogP contribution is 2.14. The molecule has 2 rings (SSSR count). The normalized spacial score (nSPS) is 12.3. The molecule has 0 radical (unpaired) electrons. The minimum atomic E-state index is -0.912. The van der Waals surface area contributed by atoms with Crippen molar-refractivity contribution < 1.29 is 9.18 Å². The van der Waals surface area contributed by atoms with Gasteiger partial charge in [0.1, 0.15) is 12.7 Å². The van der Waals surface area contributed by atoms with Crippen LogP contribution in [0.15, 0.2) is 60.7 Å². The van der Waals surface area contributed by atoms with Crippen LogP contribution in [0.1, 0.15) is 11.1 Å². The van der Waals surface area contributed by atoms with Crippen molar-refractivity contribution in [2.45, 2.75) is 19.1 Å². The van der Waals surface area contributed by atoms with Crippen LogP contribution in [0.25, 0.3) is 0 Å². The highest BCUT2D eigenvalue weighted by atomic mass is 19.1. The zero-order valence-electron chi connectivity index (χ0n) is 11.8. The fraction of sp³-hybridized carbons (Fsp3) is 0.235. The van der Waals surface area contributed by atoms with Crippen molar-refractivity contribution in [3.8, 4) is 0 Å². The molecule has 2 N–H and O–H groups in total. The number of rotatable bonds is 7. The van der Waals surface area contributed by atoms with E-state index in [1.807, 2.05) is 60.7 Å². The van der Waals surface area contributed by atoms with E-state index in [0.717, 1.165) is 11.1 Å². The molecule has 0 aliphatic carbocycles. The predicted molar refractivity (Wildman–Crippen MR) is 81.1 cm³/mol. The lowest BCUT2D eigenvalue weighted by Crippen LogP contribution is -2.45. The van der Waals surface area contributed by atoms with Gasteiger partial charge in [0.2, 0.25) is 5.91 Å². The van der Waals surface area contributed by atoms with E-state index in [0.29, 0.717) is 13.1 Å². The fourth-order valence-electron chi connectivity index (χ4n) is 2.27. The first-order chi connectivity index (χ1) is 10.2. The number of nitrogens with two attached hydrogens (primary N) is 1. The van der Waals surface area contributed by atoms with Crippen molar-refractivity contribution in [3.05, 3.63) is 71.8 Å². The van der Waals surface area contributed by atoms with Gasteiger partial charge in [0.05, 0.1) is 0 Å². The van der Waals surface area contributed by atoms with E-state index < -0.39 is 18.6 Å². The molecule has 2 aromatic carbocycles. The van der Waals surface area contributed by atoms with E-state index >= 15 is 0 Å². The molecule has 4 heteroatoms. The van der Waals surface area contributed by atoms with Gasteiger partial charge in [0.15, 0.2) is 0 Å². The molecular weight excluding hydrogens is 267 g/mol. The van der Waals surface area contributed by atoms with E-state index in [9.17, 15) is 9.18 Å². The fourth-order valence-corrected chi connectivity index (χ4v) is 2.27. The summed E-state index contributed by atoms with van der Waals surface area (Å²) in [6.07, 6.45) is 0. The molecule has 0 spiro atoms. The number of halogens is 1. The number of carbonyl (C=O) groups excluding carboxylic acids is 1. The van der Waals surface area contributed by atoms with E-state index in [1.165, 1.54) is 0 Å². The van der Waals surface area contributed by atoms with Crippen molar-refractivity contribution >= 4 is 5.91 Å². The van der Waals surface area contributed by atoms with Gasteiger partial charge in [-0.2, -0.15) is 0 Å². The molecule has 0 aliphatic rings. The summed E-state index contributed by atoms with van der Waals surface area (Å²) < 4.78 is 13.2. The Morgan fingerprint density at radius 2 is 1.38 bits per heavy atom. The number of amides is 1. The quantitative estimate of drug-likeness (QED) is 0.850. The molecule has 0 aliphatic heterocycles. The van der Waals surface area contributed by atoms with E-state index in [4.69, 9.17) is 5.73 Å². The van der Waals surface area contributed by atoms with Crippen molar-refractivity contribution in [2.75, 3.05) is 6.67 Å². The Morgan fingerprint density at radius 3 is 1.71 bits per heavy atom. The molecule has 0 saturated carbocycles. The van der Waals surface area contributed by atoms with Crippen LogP contribution in [0.2, 0.25) is 0 Å². The average Bonchev–Trinajstić information content (AvgIpc) is 2.49. The predicted octanol–water partition coefficient (Wildman–Crippen LogP) is 2.51. The number of alkyl halides is 1. The van der Waals surface area contributed by atoms with Crippen molar-refractivity contribution in [1.82, 2.24) is 4.90 Å². The maximum Gasteiger partial charge on any atom is 0.237 e. The van der Waals surface area contributed by atoms with Crippen LogP contribution < -0.4 is 5.73 Å². The highest BCUT2D eigenvalue weighted by molar-refractivity contribution is 5.80. The van der Waals surface area contributed by atoms with Crippen molar-refractivity contribution in [1.29, 1.82) is 0 Å². The van der Waals surface area contributed by atoms with E-state index in [-0.39, 0.29) is 0 Å². The van der Waals surface area contributed by atoms with Gasteiger partial charge >= 0.3 is 0 Å². The Bertz CT molecular complexity index is 518. The number of hydrogen-bond donors (Lipinski definition) is 1. The minimum absolute atomic E-state index is 0.479. The molecule has 0 saturated heterocycles. The Morgan fingerprint density at radius 1 is 0.952 bits per heavy atom. The van der Waals surface area contributed by atoms with Crippen molar-refractivity contribution in [3.63, 3.8) is 0 Å². The van der Waals surface area contributed by atoms with Crippen LogP contribution in [0, 0.1) is 0 Å². The SMILES string of the molecule is NC(=O)C(CF)N(Cc1ccccc1)Cc1ccccc1. The zero-order valence-corrected chi connectivity index (χ0v) is 11.8. The lowest BCUT2D eigenvalue weighted by Gasteiger charge is -2.28. The zero-order chi connectivity index (χ0) is 15.1. The number of carbonyl (C=O) groups is 1. The van der Waals surface area contributed by atoms with Gasteiger partial charge in [-0.3, -0.25) is 9.69 Å². The molecular formula is C17H19FN2O. The summed E-state index contributed by atoms with van der Waals surface area (Å²) in [4.78, 5) is 13.3. The van der Waals surface area contributed by atoms with Crippen LogP contribution in [-0.2, 0) is 17.9 Å². The summed E-state index contributed by atoms with van der Waals surface area (Å²) in [5.74, 6) is -0.635. The Labute approximate surface area is 124 Å². The maximum absolute atomic E-state index is 13.2. The molecule has 1 unspecified atom stereocenters. The summed E-state index contributed by atoms with van der Waals surface area (Å²) in [6, 6.07) is 18.4. The number of primary amides is 1. The summed E-state index contributed by atoms with van der Waals surface area (Å²) in [5, 5.41) is 0. The van der Waals surface area contributed by atoms with Crippen LogP contribution in [-0.4, -0.2) is 23.5 Å². The standard InChI is InChI=1S/C17H19FN2O/c18-11-16(17(19)21)20(12-14-7-3-1-4-8-14)13-15-9-5-2-6-10-15/h1-10,16H,11-13H2,(H2,19,21). The molecule has 0 fully saturated rings. The first-order valence-electron chi connectivity index (χ1n) is 6.88. The summed E-state index contributed by atoms with van der Waals surface area (Å²) in [6.45, 7) is 0.176. The molecule has 1 amide bonds. The number of benzene rings is 2. The van der Waals surface area contributed by atoms with Gasteiger partial charge < -0.3 is 5.73 Å². The van der Waals surface area contributed by atoms with Gasteiger partial charge in [0.25, 0.3) is 0 Å². The number of nitrogens with zero attached hydrogens (tertiary/aromatic N) is 1. The molecule has 0 bridgehead atoms. The summed E-state index contributed by atoms with van der Waals surface area (Å²) in [5.41, 5.74) is 7.38. The van der Waals surface area contributed by atoms with Crippen LogP contribution in [0.3, 0.4) is 0 Å². The second-order valence-corrected chi connectivity index (χ2v) is 4.95. The van der Waals surface area contributed by atoms with Gasteiger partial charge in [-0.15, -0.1) is 0 Å². The molecule has 110 valence electrons. The molecule has 2 aromatic rings. The minimum Gasteiger partial charge on any atom is -0.368 e. The summed E-state index contributed by atoms with van der Waals surface area (Å²) in [7, 11) is 0. The topological polar surface area (TPSA) is 46.3 Å². The third-order valence-electron chi connectivity index (χ3n) is 3.37. The number of hydrogen-bond acceptors (Lipinski definition) is 2. The van der Waals surface area contributed by atoms with Gasteiger partial charge in [-0.05, 0) is 11.1 Å². The van der Waals surface area contributed by atoms with E-state index in [1.54, 1.807) is 4.90 Å². The molecule has 0 heterocycles. The van der Waals surface area contributed by atoms with Gasteiger partial charge in [0, 0.05) is 13.1 Å². The second kappa shape index (κ2) is 7.55. The first-order valence-corrected chi connectivity index (χ1v) is 6.88. The van der Waals surface area contributed by atoms with Gasteiger partial charge in [-0.25, -0.2) is 4.39 Å².